The summed E-state index contributed by atoms with van der Waals surface area (Å²) in [5, 5.41) is 27.0. The van der Waals surface area contributed by atoms with Gasteiger partial charge in [0.05, 0.1) is 63.0 Å². The van der Waals surface area contributed by atoms with Crippen molar-refractivity contribution in [3.8, 4) is 40.2 Å². The molecule has 3 unspecified atom stereocenters. The van der Waals surface area contributed by atoms with Gasteiger partial charge in [0.15, 0.2) is 29.8 Å². The second-order valence-electron chi connectivity index (χ2n) is 29.8. The Morgan fingerprint density at radius 2 is 0.727 bits per heavy atom. The topological polar surface area (TPSA) is 395 Å². The number of halogens is 2. The fraction of sp³-hybridized carbons (Fsp3) is 0.206. The number of carbonyl (C=O) groups is 8. The molecule has 2 N–H and O–H groups in total. The number of aldehydes is 1. The van der Waals surface area contributed by atoms with E-state index in [4.69, 9.17) is 72.5 Å². The van der Waals surface area contributed by atoms with Crippen molar-refractivity contribution in [3.63, 3.8) is 0 Å². The standard InChI is InChI=1S/C44H38FN2O9P.C31H21FN2O4.C13H19O6P.C13H17O6P.CN.B.Na/c1-3-52-44(50)29(2)55-57(51,56-34-18-11-6-12-19-34)27-26-53-40-35-20-13-25-46-38(35)41(54-39(31-14-7-4-8-15-31)32-16-9-5-10-17-32)37-36(40)42(48)47(43(37)49)28-30-21-23-33(45)24-22-30;32-22-15-13-19(14-16-22)18-34-30(36)24-25(31(34)37)29(26-23(27(24)35)12-7-17-33-26)38-28(20-8-3-1-4-9-20)21-10-5-2-6-11-21;2*1-3-17-13(15)11(2)18-20(16,10-9-14)19-12-7-5-4-6-8-12;1-2;;/h4-25,29,39H,3,26-28H2,1-2H3;1-17,28,35H,18H2;4-8,11,14H,3,9-10H2,1-2H3;4-9,11H,3,10H2,1-2H3;;;/q;;;;-1;;+1/t29-,57?;;2*11-,20?;;;/m1.00.../s1. The normalized spacial score (nSPS) is 13.6. The Morgan fingerprint density at radius 1 is 0.424 bits per heavy atom. The molecule has 2 aliphatic rings. The minimum Gasteiger partial charge on any atom is -0.512 e. The summed E-state index contributed by atoms with van der Waals surface area (Å²) < 4.78 is 133. The number of nitrogens with zero attached hydrogens (tertiary/aromatic N) is 5. The molecule has 2 aliphatic heterocycles. The van der Waals surface area contributed by atoms with Crippen molar-refractivity contribution in [2.75, 3.05) is 51.5 Å². The maximum atomic E-state index is 14.6. The number of pyridine rings is 2. The number of para-hydroxylation sites is 3. The fourth-order valence-corrected chi connectivity index (χ4v) is 18.5. The van der Waals surface area contributed by atoms with Gasteiger partial charge in [-0.15, -0.1) is 0 Å². The molecule has 3 radical (unpaired) electrons. The zero-order valence-corrected chi connectivity index (χ0v) is 81.2. The fourth-order valence-electron chi connectivity index (χ4n) is 14.0. The van der Waals surface area contributed by atoms with Gasteiger partial charge in [-0.25, -0.2) is 36.9 Å². The van der Waals surface area contributed by atoms with Crippen molar-refractivity contribution in [2.45, 2.75) is 85.2 Å². The maximum Gasteiger partial charge on any atom is 1.00 e. The van der Waals surface area contributed by atoms with Crippen molar-refractivity contribution in [1.29, 1.82) is 5.26 Å². The van der Waals surface area contributed by atoms with E-state index in [1.807, 2.05) is 121 Å². The number of carbonyl (C=O) groups excluding carboxylic acids is 8. The minimum absolute atomic E-state index is 0. The summed E-state index contributed by atoms with van der Waals surface area (Å²) in [6.45, 7) is 13.4. The molecule has 0 fully saturated rings. The third-order valence-electron chi connectivity index (χ3n) is 20.2. The molecule has 2 aromatic heterocycles. The number of amides is 4. The first-order valence-corrected chi connectivity index (χ1v) is 48.2. The average molecular weight is 1960 g/mol. The van der Waals surface area contributed by atoms with Gasteiger partial charge in [0.25, 0.3) is 23.6 Å². The van der Waals surface area contributed by atoms with E-state index in [0.717, 1.165) is 32.1 Å². The number of hydrogen-bond acceptors (Lipinski definition) is 28. The van der Waals surface area contributed by atoms with E-state index in [2.05, 4.69) is 9.97 Å². The Labute approximate surface area is 824 Å². The number of imide groups is 2. The predicted molar refractivity (Wildman–Crippen MR) is 507 cm³/mol. The van der Waals surface area contributed by atoms with Crippen LogP contribution in [0.25, 0.3) is 21.8 Å². The van der Waals surface area contributed by atoms with Crippen LogP contribution in [0.1, 0.15) is 129 Å². The smallest absolute Gasteiger partial charge is 0.512 e. The SMILES string of the molecule is CCOC(=O)[C@@H](C)OP(=O)(CCOc1c2c(c(OC(c3ccccc3)c3ccccc3)c3ncccc13)C(=O)N(Cc1ccc(F)cc1)C2=O)Oc1ccccc1.CCOC(=O)[C@H](C)OP(=O)(CC=O)Oc1ccccc1.CCOC(=O)[C@H](C)OP(=O)(CCO)Oc1ccccc1.O=C1c2c(c(OC(c3ccccc3)c3ccccc3)c3ncccc3c2O)C(=O)N1Cc1ccc(F)cc1.[B].[C-]#N.[Na+]. The predicted octanol–water partition coefficient (Wildman–Crippen LogP) is 16.4. The molecule has 0 saturated carbocycles. The van der Waals surface area contributed by atoms with Crippen molar-refractivity contribution >= 4 is 101 Å². The number of ether oxygens (including phenoxy) is 6. The van der Waals surface area contributed by atoms with Crippen LogP contribution in [0.2, 0.25) is 0 Å². The van der Waals surface area contributed by atoms with Gasteiger partial charge < -0.3 is 68.8 Å². The minimum atomic E-state index is -4.14. The Bertz CT molecular complexity index is 6430. The molecule has 15 rings (SSSR count). The number of aliphatic hydroxyl groups is 1. The number of benzene rings is 11. The molecule has 0 spiro atoms. The molecule has 11 aromatic carbocycles. The Kier molecular flexibility index (Phi) is 41.2. The van der Waals surface area contributed by atoms with E-state index in [1.54, 1.807) is 142 Å². The van der Waals surface area contributed by atoms with Crippen LogP contribution >= 0.6 is 22.8 Å². The van der Waals surface area contributed by atoms with E-state index in [1.165, 1.54) is 75.5 Å². The van der Waals surface area contributed by atoms with Crippen LogP contribution in [0.15, 0.2) is 298 Å². The summed E-state index contributed by atoms with van der Waals surface area (Å²) in [4.78, 5) is 114. The van der Waals surface area contributed by atoms with Gasteiger partial charge in [-0.05, 0) is 160 Å². The third-order valence-corrected chi connectivity index (χ3v) is 25.7. The first-order valence-electron chi connectivity index (χ1n) is 43.0. The molecule has 0 saturated heterocycles. The summed E-state index contributed by atoms with van der Waals surface area (Å²) in [7, 11) is -11.5. The van der Waals surface area contributed by atoms with Crippen molar-refractivity contribution in [3.05, 3.63) is 371 Å². The quantitative estimate of drug-likeness (QED) is 0.00690. The van der Waals surface area contributed by atoms with Crippen LogP contribution in [0.3, 0.4) is 0 Å². The third kappa shape index (κ3) is 28.7. The van der Waals surface area contributed by atoms with Crippen LogP contribution in [0.5, 0.6) is 40.2 Å². The van der Waals surface area contributed by atoms with Crippen LogP contribution in [-0.2, 0) is 73.7 Å². The van der Waals surface area contributed by atoms with Crippen molar-refractivity contribution in [1.82, 2.24) is 19.8 Å². The van der Waals surface area contributed by atoms with Crippen molar-refractivity contribution < 1.29 is 156 Å². The molecule has 6 atom stereocenters. The maximum absolute atomic E-state index is 14.6. The van der Waals surface area contributed by atoms with Gasteiger partial charge >= 0.3 is 70.3 Å². The van der Waals surface area contributed by atoms with Gasteiger partial charge in [0.1, 0.15) is 93.8 Å². The van der Waals surface area contributed by atoms with Gasteiger partial charge in [0, 0.05) is 31.6 Å². The average Bonchev–Trinajstić information content (AvgIpc) is 1.58. The molecular formula is C102H95BF2N5NaO25P3. The Hall–Kier alpha value is -13.9. The van der Waals surface area contributed by atoms with Gasteiger partial charge in [-0.1, -0.05) is 200 Å². The zero-order chi connectivity index (χ0) is 98.2. The number of aromatic hydroxyl groups is 1. The summed E-state index contributed by atoms with van der Waals surface area (Å²) in [5.74, 6) is -4.78. The number of esters is 3. The van der Waals surface area contributed by atoms with E-state index in [0.29, 0.717) is 39.7 Å². The molecule has 0 aliphatic carbocycles. The summed E-state index contributed by atoms with van der Waals surface area (Å²) >= 11 is 0. The van der Waals surface area contributed by atoms with Crippen LogP contribution in [-0.4, -0.2) is 156 Å². The summed E-state index contributed by atoms with van der Waals surface area (Å²) in [6, 6.07) is 80.7. The molecule has 139 heavy (non-hydrogen) atoms. The second-order valence-corrected chi connectivity index (χ2v) is 35.9. The van der Waals surface area contributed by atoms with E-state index in [-0.39, 0.29) is 158 Å². The van der Waals surface area contributed by atoms with Crippen LogP contribution in [0.4, 0.5) is 8.78 Å². The molecule has 0 bridgehead atoms. The zero-order valence-electron chi connectivity index (χ0n) is 76.5. The first-order chi connectivity index (χ1) is 66.2. The number of phenols is 1. The molecule has 4 amide bonds. The number of aliphatic hydroxyl groups excluding tert-OH is 1. The van der Waals surface area contributed by atoms with E-state index in [9.17, 15) is 65.9 Å². The molecule has 711 valence electrons. The molecule has 13 aromatic rings. The van der Waals surface area contributed by atoms with Crippen molar-refractivity contribution in [2.24, 2.45) is 0 Å². The first kappa shape index (κ1) is 109. The van der Waals surface area contributed by atoms with E-state index >= 15 is 0 Å². The number of aromatic nitrogens is 2. The Morgan fingerprint density at radius 3 is 1.07 bits per heavy atom. The Balaban J connectivity index is 0.000000226. The number of phenolic OH excluding ortho intramolecular Hbond substituents is 1. The largest absolute Gasteiger partial charge is 1.00 e. The van der Waals surface area contributed by atoms with Gasteiger partial charge in [0.2, 0.25) is 0 Å². The summed E-state index contributed by atoms with van der Waals surface area (Å²) in [5.41, 5.74) is 4.50. The molecule has 4 heterocycles. The molecular weight excluding hydrogens is 1860 g/mol. The monoisotopic (exact) mass is 1950 g/mol. The number of fused-ring (bicyclic) bond motifs is 4. The van der Waals surface area contributed by atoms with E-state index < -0.39 is 113 Å². The number of rotatable bonds is 38. The van der Waals surface area contributed by atoms with Crippen LogP contribution < -0.4 is 57.3 Å². The molecule has 37 heteroatoms. The van der Waals surface area contributed by atoms with Gasteiger partial charge in [-0.3, -0.25) is 52.5 Å². The van der Waals surface area contributed by atoms with Crippen LogP contribution in [0, 0.1) is 23.5 Å². The number of hydrogen-bond donors (Lipinski definition) is 2. The second kappa shape index (κ2) is 52.6. The summed E-state index contributed by atoms with van der Waals surface area (Å²) in [6.07, 6.45) is -2.20. The van der Waals surface area contributed by atoms with Gasteiger partial charge in [-0.2, -0.15) is 0 Å². The molecule has 30 nitrogen and oxygen atoms in total.